The summed E-state index contributed by atoms with van der Waals surface area (Å²) in [7, 11) is -3.02. The number of carbonyl (C=O) groups excluding carboxylic acids is 1. The summed E-state index contributed by atoms with van der Waals surface area (Å²) in [6.07, 6.45) is 4.31. The van der Waals surface area contributed by atoms with Gasteiger partial charge < -0.3 is 10.0 Å². The Morgan fingerprint density at radius 2 is 2.00 bits per heavy atom. The monoisotopic (exact) mass is 275 g/mol. The number of rotatable bonds is 2. The Labute approximate surface area is 108 Å². The first-order valence-electron chi connectivity index (χ1n) is 6.65. The molecule has 0 saturated carbocycles. The minimum atomic E-state index is -3.02. The Hall–Kier alpha value is -0.620. The largest absolute Gasteiger partial charge is 0.394 e. The number of hydrogen-bond acceptors (Lipinski definition) is 4. The highest BCUT2D eigenvalue weighted by Gasteiger charge is 2.37. The number of nitrogens with zero attached hydrogens (tertiary/aromatic N) is 1. The third-order valence-electron chi connectivity index (χ3n) is 3.95. The van der Waals surface area contributed by atoms with Crippen LogP contribution in [0.1, 0.15) is 32.1 Å². The molecule has 0 spiro atoms. The van der Waals surface area contributed by atoms with Crippen molar-refractivity contribution >= 4 is 15.7 Å². The highest BCUT2D eigenvalue weighted by atomic mass is 32.2. The van der Waals surface area contributed by atoms with Crippen LogP contribution in [-0.4, -0.2) is 55.0 Å². The molecule has 1 amide bonds. The molecule has 0 aromatic carbocycles. The van der Waals surface area contributed by atoms with Crippen molar-refractivity contribution < 1.29 is 18.3 Å². The molecule has 0 aliphatic carbocycles. The van der Waals surface area contributed by atoms with Gasteiger partial charge in [-0.15, -0.1) is 0 Å². The van der Waals surface area contributed by atoms with Crippen LogP contribution in [0.15, 0.2) is 0 Å². The third kappa shape index (κ3) is 3.03. The molecule has 2 heterocycles. The van der Waals surface area contributed by atoms with E-state index in [0.717, 1.165) is 25.7 Å². The van der Waals surface area contributed by atoms with Gasteiger partial charge in [0.15, 0.2) is 9.84 Å². The van der Waals surface area contributed by atoms with Crippen molar-refractivity contribution in [2.24, 2.45) is 5.92 Å². The lowest BCUT2D eigenvalue weighted by molar-refractivity contribution is -0.138. The van der Waals surface area contributed by atoms with Crippen LogP contribution in [-0.2, 0) is 14.6 Å². The van der Waals surface area contributed by atoms with Gasteiger partial charge in [-0.1, -0.05) is 12.8 Å². The summed E-state index contributed by atoms with van der Waals surface area (Å²) in [5.41, 5.74) is 0. The van der Waals surface area contributed by atoms with Gasteiger partial charge in [0.25, 0.3) is 0 Å². The van der Waals surface area contributed by atoms with Gasteiger partial charge in [0.2, 0.25) is 5.91 Å². The van der Waals surface area contributed by atoms with Crippen LogP contribution in [0.2, 0.25) is 0 Å². The molecule has 0 aromatic heterocycles. The molecule has 2 atom stereocenters. The normalized spacial score (nSPS) is 32.2. The quantitative estimate of drug-likeness (QED) is 0.780. The predicted octanol–water partition coefficient (Wildman–Crippen LogP) is 0.185. The van der Waals surface area contributed by atoms with E-state index in [1.807, 2.05) is 0 Å². The second-order valence-electron chi connectivity index (χ2n) is 5.32. The average Bonchev–Trinajstić information content (AvgIpc) is 2.57. The molecule has 0 aromatic rings. The fraction of sp³-hybridized carbons (Fsp3) is 0.917. The maximum atomic E-state index is 12.4. The zero-order valence-corrected chi connectivity index (χ0v) is 11.4. The minimum Gasteiger partial charge on any atom is -0.394 e. The van der Waals surface area contributed by atoms with Gasteiger partial charge in [0, 0.05) is 6.54 Å². The number of amides is 1. The van der Waals surface area contributed by atoms with Crippen molar-refractivity contribution in [3.63, 3.8) is 0 Å². The van der Waals surface area contributed by atoms with Crippen LogP contribution in [0, 0.1) is 5.92 Å². The lowest BCUT2D eigenvalue weighted by Gasteiger charge is -2.30. The summed E-state index contributed by atoms with van der Waals surface area (Å²) in [5, 5.41) is 9.37. The van der Waals surface area contributed by atoms with E-state index in [1.54, 1.807) is 4.90 Å². The van der Waals surface area contributed by atoms with Crippen LogP contribution in [0.4, 0.5) is 0 Å². The SMILES string of the molecule is O=C(C1CCS(=O)(=O)C1)N1CCCCCC1CO. The molecular weight excluding hydrogens is 254 g/mol. The smallest absolute Gasteiger partial charge is 0.227 e. The van der Waals surface area contributed by atoms with Crippen molar-refractivity contribution in [2.75, 3.05) is 24.7 Å². The molecule has 0 radical (unpaired) electrons. The summed E-state index contributed by atoms with van der Waals surface area (Å²) in [6.45, 7) is 0.631. The van der Waals surface area contributed by atoms with Crippen LogP contribution in [0.5, 0.6) is 0 Å². The Morgan fingerprint density at radius 1 is 1.22 bits per heavy atom. The van der Waals surface area contributed by atoms with Crippen LogP contribution < -0.4 is 0 Å². The second-order valence-corrected chi connectivity index (χ2v) is 7.55. The van der Waals surface area contributed by atoms with Gasteiger partial charge in [0.1, 0.15) is 0 Å². The molecular formula is C12H21NO4S. The third-order valence-corrected chi connectivity index (χ3v) is 5.72. The highest BCUT2D eigenvalue weighted by molar-refractivity contribution is 7.91. The van der Waals surface area contributed by atoms with E-state index < -0.39 is 9.84 Å². The molecule has 6 heteroatoms. The van der Waals surface area contributed by atoms with E-state index in [0.29, 0.717) is 13.0 Å². The van der Waals surface area contributed by atoms with Crippen LogP contribution >= 0.6 is 0 Å². The van der Waals surface area contributed by atoms with E-state index in [-0.39, 0.29) is 36.0 Å². The van der Waals surface area contributed by atoms with E-state index in [1.165, 1.54) is 0 Å². The van der Waals surface area contributed by atoms with E-state index in [4.69, 9.17) is 0 Å². The minimum absolute atomic E-state index is 0.0134. The van der Waals surface area contributed by atoms with Gasteiger partial charge in [-0.3, -0.25) is 4.79 Å². The van der Waals surface area contributed by atoms with E-state index in [2.05, 4.69) is 0 Å². The molecule has 2 rings (SSSR count). The number of sulfone groups is 1. The molecule has 104 valence electrons. The average molecular weight is 275 g/mol. The lowest BCUT2D eigenvalue weighted by Crippen LogP contribution is -2.45. The summed E-state index contributed by atoms with van der Waals surface area (Å²) in [6, 6.07) is -0.122. The van der Waals surface area contributed by atoms with E-state index >= 15 is 0 Å². The summed E-state index contributed by atoms with van der Waals surface area (Å²) < 4.78 is 22.9. The molecule has 5 nitrogen and oxygen atoms in total. The molecule has 18 heavy (non-hydrogen) atoms. The van der Waals surface area contributed by atoms with Crippen molar-refractivity contribution in [1.29, 1.82) is 0 Å². The standard InChI is InChI=1S/C12H21NO4S/c14-8-11-4-2-1-3-6-13(11)12(15)10-5-7-18(16,17)9-10/h10-11,14H,1-9H2. The molecule has 2 aliphatic rings. The van der Waals surface area contributed by atoms with Gasteiger partial charge in [-0.2, -0.15) is 0 Å². The number of likely N-dealkylation sites (tertiary alicyclic amines) is 1. The highest BCUT2D eigenvalue weighted by Crippen LogP contribution is 2.24. The molecule has 0 bridgehead atoms. The second kappa shape index (κ2) is 5.57. The van der Waals surface area contributed by atoms with Crippen molar-refractivity contribution in [2.45, 2.75) is 38.1 Å². The number of carbonyl (C=O) groups is 1. The summed E-state index contributed by atoms with van der Waals surface area (Å²) >= 11 is 0. The molecule has 2 saturated heterocycles. The molecule has 2 aliphatic heterocycles. The zero-order valence-electron chi connectivity index (χ0n) is 10.5. The van der Waals surface area contributed by atoms with E-state index in [9.17, 15) is 18.3 Å². The Kier molecular flexibility index (Phi) is 4.27. The first-order valence-corrected chi connectivity index (χ1v) is 8.47. The molecule has 1 N–H and O–H groups in total. The van der Waals surface area contributed by atoms with Crippen LogP contribution in [0.3, 0.4) is 0 Å². The Balaban J connectivity index is 2.06. The van der Waals surface area contributed by atoms with Gasteiger partial charge >= 0.3 is 0 Å². The van der Waals surface area contributed by atoms with Gasteiger partial charge in [-0.25, -0.2) is 8.42 Å². The fourth-order valence-corrected chi connectivity index (χ4v) is 4.61. The predicted molar refractivity (Wildman–Crippen MR) is 67.8 cm³/mol. The van der Waals surface area contributed by atoms with Gasteiger partial charge in [-0.05, 0) is 19.3 Å². The molecule has 2 fully saturated rings. The maximum Gasteiger partial charge on any atom is 0.227 e. The summed E-state index contributed by atoms with van der Waals surface area (Å²) in [5.74, 6) is -0.346. The Bertz CT molecular complexity index is 406. The fourth-order valence-electron chi connectivity index (χ4n) is 2.88. The van der Waals surface area contributed by atoms with Crippen LogP contribution in [0.25, 0.3) is 0 Å². The topological polar surface area (TPSA) is 74.7 Å². The van der Waals surface area contributed by atoms with Crippen molar-refractivity contribution in [1.82, 2.24) is 4.90 Å². The first-order chi connectivity index (χ1) is 8.53. The maximum absolute atomic E-state index is 12.4. The van der Waals surface area contributed by atoms with Gasteiger partial charge in [0.05, 0.1) is 30.1 Å². The number of aliphatic hydroxyl groups excluding tert-OH is 1. The Morgan fingerprint density at radius 3 is 2.61 bits per heavy atom. The van der Waals surface area contributed by atoms with Crippen molar-refractivity contribution in [3.8, 4) is 0 Å². The number of hydrogen-bond donors (Lipinski definition) is 1. The molecule has 2 unspecified atom stereocenters. The summed E-state index contributed by atoms with van der Waals surface area (Å²) in [4.78, 5) is 14.1. The first kappa shape index (κ1) is 13.8. The van der Waals surface area contributed by atoms with Crippen molar-refractivity contribution in [3.05, 3.63) is 0 Å². The zero-order chi connectivity index (χ0) is 13.2. The number of aliphatic hydroxyl groups is 1. The lowest BCUT2D eigenvalue weighted by atomic mass is 10.1.